The van der Waals surface area contributed by atoms with Crippen molar-refractivity contribution in [2.75, 3.05) is 10.2 Å². The van der Waals surface area contributed by atoms with Crippen LogP contribution in [-0.4, -0.2) is 11.8 Å². The van der Waals surface area contributed by atoms with Gasteiger partial charge in [0.05, 0.1) is 11.3 Å². The summed E-state index contributed by atoms with van der Waals surface area (Å²) >= 11 is 6.03. The number of carbonyl (C=O) groups is 2. The maximum absolute atomic E-state index is 13.4. The fourth-order valence-corrected chi connectivity index (χ4v) is 3.75. The van der Waals surface area contributed by atoms with E-state index in [4.69, 9.17) is 11.6 Å². The lowest BCUT2D eigenvalue weighted by Gasteiger charge is -2.16. The van der Waals surface area contributed by atoms with Gasteiger partial charge in [-0.05, 0) is 67.8 Å². The number of imide groups is 1. The van der Waals surface area contributed by atoms with Crippen molar-refractivity contribution in [1.29, 1.82) is 0 Å². The first kappa shape index (κ1) is 19.9. The summed E-state index contributed by atoms with van der Waals surface area (Å²) in [5.41, 5.74) is 5.65. The van der Waals surface area contributed by atoms with Crippen LogP contribution in [0.25, 0.3) is 5.57 Å². The highest BCUT2D eigenvalue weighted by molar-refractivity contribution is 6.46. The topological polar surface area (TPSA) is 49.4 Å². The van der Waals surface area contributed by atoms with Crippen molar-refractivity contribution >= 4 is 40.4 Å². The first-order chi connectivity index (χ1) is 14.3. The van der Waals surface area contributed by atoms with Crippen LogP contribution in [0.1, 0.15) is 22.3 Å². The minimum absolute atomic E-state index is 0.260. The third-order valence-corrected chi connectivity index (χ3v) is 5.37. The summed E-state index contributed by atoms with van der Waals surface area (Å²) in [6.07, 6.45) is 0. The van der Waals surface area contributed by atoms with Gasteiger partial charge in [0.15, 0.2) is 0 Å². The Labute approximate surface area is 180 Å². The zero-order chi connectivity index (χ0) is 21.4. The molecule has 2 amide bonds. The molecule has 0 saturated carbocycles. The van der Waals surface area contributed by atoms with Crippen LogP contribution < -0.4 is 10.2 Å². The van der Waals surface area contributed by atoms with Gasteiger partial charge in [-0.2, -0.15) is 0 Å². The molecule has 1 aliphatic heterocycles. The molecule has 4 rings (SSSR count). The van der Waals surface area contributed by atoms with Crippen LogP contribution in [0.15, 0.2) is 72.4 Å². The Hall–Kier alpha value is -3.37. The molecule has 1 aliphatic rings. The molecule has 5 heteroatoms. The summed E-state index contributed by atoms with van der Waals surface area (Å²) in [7, 11) is 0. The Bertz CT molecular complexity index is 1200. The van der Waals surface area contributed by atoms with Crippen LogP contribution in [0.4, 0.5) is 11.4 Å². The molecule has 0 saturated heterocycles. The first-order valence-corrected chi connectivity index (χ1v) is 10.0. The molecule has 3 aromatic carbocycles. The van der Waals surface area contributed by atoms with E-state index in [2.05, 4.69) is 5.32 Å². The molecular weight excluding hydrogens is 396 g/mol. The maximum atomic E-state index is 13.4. The normalized spacial score (nSPS) is 13.9. The van der Waals surface area contributed by atoms with Crippen LogP contribution in [0, 0.1) is 20.8 Å². The summed E-state index contributed by atoms with van der Waals surface area (Å²) in [6.45, 7) is 5.91. The van der Waals surface area contributed by atoms with E-state index < -0.39 is 0 Å². The molecule has 0 unspecified atom stereocenters. The zero-order valence-electron chi connectivity index (χ0n) is 17.0. The lowest BCUT2D eigenvalue weighted by molar-refractivity contribution is -0.120. The molecule has 30 heavy (non-hydrogen) atoms. The zero-order valence-corrected chi connectivity index (χ0v) is 17.7. The van der Waals surface area contributed by atoms with Gasteiger partial charge < -0.3 is 5.32 Å². The van der Waals surface area contributed by atoms with Gasteiger partial charge in [0.1, 0.15) is 5.70 Å². The van der Waals surface area contributed by atoms with E-state index in [1.807, 2.05) is 57.2 Å². The minimum atomic E-state index is -0.379. The Morgan fingerprint density at radius 2 is 1.50 bits per heavy atom. The molecular formula is C25H21ClN2O2. The average Bonchev–Trinajstić information content (AvgIpc) is 2.94. The molecule has 0 bridgehead atoms. The molecule has 1 N–H and O–H groups in total. The number of nitrogens with one attached hydrogen (secondary N) is 1. The average molecular weight is 417 g/mol. The number of anilines is 2. The van der Waals surface area contributed by atoms with Crippen molar-refractivity contribution in [2.24, 2.45) is 0 Å². The van der Waals surface area contributed by atoms with Crippen molar-refractivity contribution in [1.82, 2.24) is 0 Å². The smallest absolute Gasteiger partial charge is 0.282 e. The SMILES string of the molecule is Cc1cccc(N2C(=O)C(Nc3ccc(C)cc3C)=C(c3ccc(Cl)cc3)C2=O)c1. The van der Waals surface area contributed by atoms with E-state index in [1.165, 1.54) is 4.90 Å². The molecule has 3 aromatic rings. The Morgan fingerprint density at radius 3 is 2.17 bits per heavy atom. The molecule has 1 heterocycles. The van der Waals surface area contributed by atoms with Crippen LogP contribution in [0.2, 0.25) is 5.02 Å². The Balaban J connectivity index is 1.84. The quantitative estimate of drug-likeness (QED) is 0.558. The van der Waals surface area contributed by atoms with Gasteiger partial charge in [0.25, 0.3) is 11.8 Å². The molecule has 0 radical (unpaired) electrons. The van der Waals surface area contributed by atoms with Gasteiger partial charge in [-0.1, -0.05) is 53.6 Å². The van der Waals surface area contributed by atoms with Crippen molar-refractivity contribution in [2.45, 2.75) is 20.8 Å². The summed E-state index contributed by atoms with van der Waals surface area (Å²) in [5.74, 6) is -0.740. The molecule has 0 atom stereocenters. The molecule has 0 aliphatic carbocycles. The third-order valence-electron chi connectivity index (χ3n) is 5.12. The van der Waals surface area contributed by atoms with Crippen LogP contribution >= 0.6 is 11.6 Å². The standard InChI is InChI=1S/C25H21ClN2O2/c1-15-5-4-6-20(14-15)28-24(29)22(18-8-10-19(26)11-9-18)23(25(28)30)27-21-12-7-16(2)13-17(21)3/h4-14,27H,1-3H3. The van der Waals surface area contributed by atoms with E-state index in [1.54, 1.807) is 30.3 Å². The second kappa shape index (κ2) is 7.81. The van der Waals surface area contributed by atoms with Crippen molar-refractivity contribution in [3.8, 4) is 0 Å². The van der Waals surface area contributed by atoms with Gasteiger partial charge in [0, 0.05) is 10.7 Å². The minimum Gasteiger partial charge on any atom is -0.350 e. The van der Waals surface area contributed by atoms with Gasteiger partial charge in [0.2, 0.25) is 0 Å². The number of nitrogens with zero attached hydrogens (tertiary/aromatic N) is 1. The number of carbonyl (C=O) groups excluding carboxylic acids is 2. The fraction of sp³-hybridized carbons (Fsp3) is 0.120. The third kappa shape index (κ3) is 3.62. The van der Waals surface area contributed by atoms with Crippen LogP contribution in [-0.2, 0) is 9.59 Å². The lowest BCUT2D eigenvalue weighted by atomic mass is 10.0. The predicted molar refractivity (Wildman–Crippen MR) is 122 cm³/mol. The summed E-state index contributed by atoms with van der Waals surface area (Å²) < 4.78 is 0. The lowest BCUT2D eigenvalue weighted by Crippen LogP contribution is -2.32. The molecule has 150 valence electrons. The van der Waals surface area contributed by atoms with Crippen molar-refractivity contribution in [3.63, 3.8) is 0 Å². The van der Waals surface area contributed by atoms with Gasteiger partial charge in [-0.3, -0.25) is 9.59 Å². The van der Waals surface area contributed by atoms with Crippen molar-refractivity contribution < 1.29 is 9.59 Å². The monoisotopic (exact) mass is 416 g/mol. The van der Waals surface area contributed by atoms with Gasteiger partial charge in [-0.15, -0.1) is 0 Å². The Kier molecular flexibility index (Phi) is 5.18. The number of hydrogen-bond donors (Lipinski definition) is 1. The fourth-order valence-electron chi connectivity index (χ4n) is 3.62. The van der Waals surface area contributed by atoms with Crippen LogP contribution in [0.3, 0.4) is 0 Å². The number of aryl methyl sites for hydroxylation is 3. The first-order valence-electron chi connectivity index (χ1n) is 9.65. The van der Waals surface area contributed by atoms with E-state index in [9.17, 15) is 9.59 Å². The summed E-state index contributed by atoms with van der Waals surface area (Å²) in [4.78, 5) is 28.1. The maximum Gasteiger partial charge on any atom is 0.282 e. The number of halogens is 1. The second-order valence-corrected chi connectivity index (χ2v) is 7.92. The van der Waals surface area contributed by atoms with Crippen molar-refractivity contribution in [3.05, 3.63) is 99.7 Å². The highest BCUT2D eigenvalue weighted by Crippen LogP contribution is 2.35. The van der Waals surface area contributed by atoms with Gasteiger partial charge in [-0.25, -0.2) is 4.90 Å². The van der Waals surface area contributed by atoms with Gasteiger partial charge >= 0.3 is 0 Å². The second-order valence-electron chi connectivity index (χ2n) is 7.48. The number of benzene rings is 3. The molecule has 0 aromatic heterocycles. The highest BCUT2D eigenvalue weighted by Gasteiger charge is 2.40. The largest absolute Gasteiger partial charge is 0.350 e. The van der Waals surface area contributed by atoms with E-state index >= 15 is 0 Å². The van der Waals surface area contributed by atoms with Crippen LogP contribution in [0.5, 0.6) is 0 Å². The molecule has 4 nitrogen and oxygen atoms in total. The number of amides is 2. The number of hydrogen-bond acceptors (Lipinski definition) is 3. The van der Waals surface area contributed by atoms with E-state index in [0.29, 0.717) is 21.8 Å². The Morgan fingerprint density at radius 1 is 0.800 bits per heavy atom. The van der Waals surface area contributed by atoms with E-state index in [0.717, 1.165) is 22.4 Å². The summed E-state index contributed by atoms with van der Waals surface area (Å²) in [5, 5.41) is 3.79. The molecule has 0 fully saturated rings. The molecule has 0 spiro atoms. The number of rotatable bonds is 4. The predicted octanol–water partition coefficient (Wildman–Crippen LogP) is 5.66. The van der Waals surface area contributed by atoms with E-state index in [-0.39, 0.29) is 17.5 Å². The highest BCUT2D eigenvalue weighted by atomic mass is 35.5. The summed E-state index contributed by atoms with van der Waals surface area (Å²) in [6, 6.07) is 20.2.